The molecule has 164 valence electrons. The first-order valence-corrected chi connectivity index (χ1v) is 20.6. The zero-order valence-corrected chi connectivity index (χ0v) is 24.6. The van der Waals surface area contributed by atoms with E-state index >= 15 is 0 Å². The molecule has 2 unspecified atom stereocenters. The van der Waals surface area contributed by atoms with E-state index in [0.717, 1.165) is 12.1 Å². The highest BCUT2D eigenvalue weighted by Crippen LogP contribution is 2.57. The Kier molecular flexibility index (Phi) is 18.9. The minimum absolute atomic E-state index is 0.386. The van der Waals surface area contributed by atoms with Crippen LogP contribution in [-0.2, 0) is 26.6 Å². The summed E-state index contributed by atoms with van der Waals surface area (Å²) in [4.78, 5) is 0. The van der Waals surface area contributed by atoms with Crippen LogP contribution in [-0.4, -0.2) is 70.8 Å². The van der Waals surface area contributed by atoms with Crippen molar-refractivity contribution in [1.82, 2.24) is 0 Å². The van der Waals surface area contributed by atoms with E-state index in [1.54, 1.807) is 91.8 Å². The van der Waals surface area contributed by atoms with Crippen molar-refractivity contribution in [2.75, 3.05) is 42.7 Å². The highest BCUT2D eigenvalue weighted by Gasteiger charge is 2.40. The quantitative estimate of drug-likeness (QED) is 0.112. The summed E-state index contributed by atoms with van der Waals surface area (Å²) in [5.41, 5.74) is 0. The third-order valence-electron chi connectivity index (χ3n) is 3.46. The molecule has 0 aromatic carbocycles. The van der Waals surface area contributed by atoms with Crippen molar-refractivity contribution in [3.8, 4) is 0 Å². The molecule has 0 radical (unpaired) electrons. The van der Waals surface area contributed by atoms with Crippen LogP contribution in [0.3, 0.4) is 0 Å². The SMILES string of the molecule is CO[Si](CC(C)SSSSSSSC(C)C[Si](OC)(OC)OC)(OC)OC. The molecule has 6 nitrogen and oxygen atoms in total. The zero-order chi connectivity index (χ0) is 20.8. The van der Waals surface area contributed by atoms with Crippen LogP contribution in [0.5, 0.6) is 0 Å². The van der Waals surface area contributed by atoms with Gasteiger partial charge in [-0.1, -0.05) is 35.4 Å². The molecular formula is C12H30O6S7Si2. The topological polar surface area (TPSA) is 55.4 Å². The Balaban J connectivity index is 3.86. The molecular weight excluding hydrogens is 521 g/mol. The number of hydrogen-bond acceptors (Lipinski definition) is 13. The normalized spacial score (nSPS) is 15.1. The zero-order valence-electron chi connectivity index (χ0n) is 16.9. The molecule has 0 rings (SSSR count). The average Bonchev–Trinajstić information content (AvgIpc) is 2.69. The molecule has 0 aliphatic heterocycles. The fourth-order valence-corrected chi connectivity index (χ4v) is 22.7. The van der Waals surface area contributed by atoms with Crippen molar-refractivity contribution in [1.29, 1.82) is 0 Å². The Bertz CT molecular complexity index is 321. The van der Waals surface area contributed by atoms with E-state index < -0.39 is 17.6 Å². The number of hydrogen-bond donors (Lipinski definition) is 0. The van der Waals surface area contributed by atoms with Crippen LogP contribution in [0.25, 0.3) is 0 Å². The maximum Gasteiger partial charge on any atom is 0.501 e. The van der Waals surface area contributed by atoms with Gasteiger partial charge in [0, 0.05) is 65.2 Å². The Labute approximate surface area is 192 Å². The highest BCUT2D eigenvalue weighted by atomic mass is 33.9. The van der Waals surface area contributed by atoms with Crippen LogP contribution in [0.2, 0.25) is 12.1 Å². The lowest BCUT2D eigenvalue weighted by Gasteiger charge is -2.26. The van der Waals surface area contributed by atoms with E-state index in [2.05, 4.69) is 13.8 Å². The molecule has 0 aliphatic rings. The van der Waals surface area contributed by atoms with Crippen molar-refractivity contribution in [3.63, 3.8) is 0 Å². The summed E-state index contributed by atoms with van der Waals surface area (Å²) in [6.45, 7) is 4.33. The molecule has 0 aromatic heterocycles. The molecule has 0 spiro atoms. The fraction of sp³-hybridized carbons (Fsp3) is 1.00. The van der Waals surface area contributed by atoms with E-state index in [1.807, 2.05) is 21.6 Å². The van der Waals surface area contributed by atoms with Gasteiger partial charge in [0.1, 0.15) is 0 Å². The monoisotopic (exact) mass is 550 g/mol. The van der Waals surface area contributed by atoms with Gasteiger partial charge in [-0.2, -0.15) is 0 Å². The maximum atomic E-state index is 5.47. The third-order valence-corrected chi connectivity index (χ3v) is 23.9. The van der Waals surface area contributed by atoms with Crippen molar-refractivity contribution in [2.45, 2.75) is 36.4 Å². The first-order chi connectivity index (χ1) is 12.9. The summed E-state index contributed by atoms with van der Waals surface area (Å²) in [6.07, 6.45) is 0. The summed E-state index contributed by atoms with van der Waals surface area (Å²) >= 11 is 0. The molecule has 27 heavy (non-hydrogen) atoms. The molecule has 0 amide bonds. The molecule has 2 atom stereocenters. The first-order valence-electron chi connectivity index (χ1n) is 7.82. The lowest BCUT2D eigenvalue weighted by molar-refractivity contribution is 0.123. The second kappa shape index (κ2) is 17.2. The van der Waals surface area contributed by atoms with E-state index in [4.69, 9.17) is 26.6 Å². The second-order valence-corrected chi connectivity index (χ2v) is 23.1. The van der Waals surface area contributed by atoms with Gasteiger partial charge in [-0.05, 0) is 49.1 Å². The lowest BCUT2D eigenvalue weighted by Crippen LogP contribution is -2.44. The molecule has 0 aromatic rings. The summed E-state index contributed by atoms with van der Waals surface area (Å²) in [7, 11) is 17.4. The third kappa shape index (κ3) is 12.3. The molecule has 0 N–H and O–H groups in total. The van der Waals surface area contributed by atoms with Gasteiger partial charge in [-0.3, -0.25) is 0 Å². The van der Waals surface area contributed by atoms with Gasteiger partial charge in [-0.15, -0.1) is 0 Å². The molecule has 0 fully saturated rings. The minimum atomic E-state index is -2.49. The van der Waals surface area contributed by atoms with E-state index in [9.17, 15) is 0 Å². The van der Waals surface area contributed by atoms with E-state index in [0.29, 0.717) is 10.5 Å². The summed E-state index contributed by atoms with van der Waals surface area (Å²) in [6, 6.07) is 1.58. The van der Waals surface area contributed by atoms with Crippen LogP contribution in [0.1, 0.15) is 13.8 Å². The van der Waals surface area contributed by atoms with Crippen LogP contribution in [0, 0.1) is 0 Å². The van der Waals surface area contributed by atoms with Gasteiger partial charge in [0.15, 0.2) is 0 Å². The molecule has 0 bridgehead atoms. The highest BCUT2D eigenvalue weighted by molar-refractivity contribution is 9.46. The standard InChI is InChI=1S/C12H30O6S7Si2/c1-11(9-26(13-3,14-4)15-5)19-21-23-25-24-22-20-12(2)10-27(16-6,17-7)18-8/h11-12H,9-10H2,1-8H3. The summed E-state index contributed by atoms with van der Waals surface area (Å²) < 4.78 is 32.8. The smallest absolute Gasteiger partial charge is 0.377 e. The molecule has 0 saturated carbocycles. The van der Waals surface area contributed by atoms with Gasteiger partial charge >= 0.3 is 17.6 Å². The molecule has 0 aliphatic carbocycles. The van der Waals surface area contributed by atoms with Crippen LogP contribution < -0.4 is 0 Å². The maximum absolute atomic E-state index is 5.47. The van der Waals surface area contributed by atoms with Gasteiger partial charge in [0.05, 0.1) is 0 Å². The summed E-state index contributed by atoms with van der Waals surface area (Å²) in [5, 5.41) is 0.772. The Morgan fingerprint density at radius 2 is 0.778 bits per heavy atom. The Morgan fingerprint density at radius 3 is 1.04 bits per heavy atom. The van der Waals surface area contributed by atoms with Gasteiger partial charge in [0.2, 0.25) is 0 Å². The van der Waals surface area contributed by atoms with Crippen molar-refractivity contribution in [2.24, 2.45) is 0 Å². The Morgan fingerprint density at radius 1 is 0.519 bits per heavy atom. The second-order valence-electron chi connectivity index (χ2n) is 5.15. The molecule has 0 heterocycles. The number of rotatable bonds is 18. The first kappa shape index (κ1) is 29.6. The van der Waals surface area contributed by atoms with Gasteiger partial charge in [0.25, 0.3) is 0 Å². The van der Waals surface area contributed by atoms with Crippen LogP contribution in [0.15, 0.2) is 0 Å². The predicted molar refractivity (Wildman–Crippen MR) is 135 cm³/mol. The Hall–Kier alpha value is 2.64. The molecule has 0 saturated heterocycles. The average molecular weight is 551 g/mol. The summed E-state index contributed by atoms with van der Waals surface area (Å²) in [5.74, 6) is 0. The van der Waals surface area contributed by atoms with Crippen molar-refractivity contribution < 1.29 is 26.6 Å². The predicted octanol–water partition coefficient (Wildman–Crippen LogP) is 6.14. The van der Waals surface area contributed by atoms with Crippen LogP contribution in [0.4, 0.5) is 0 Å². The minimum Gasteiger partial charge on any atom is -0.377 e. The molecule has 15 heteroatoms. The van der Waals surface area contributed by atoms with Crippen molar-refractivity contribution >= 4 is 88.3 Å². The largest absolute Gasteiger partial charge is 0.501 e. The van der Waals surface area contributed by atoms with E-state index in [-0.39, 0.29) is 0 Å². The van der Waals surface area contributed by atoms with Crippen molar-refractivity contribution in [3.05, 3.63) is 0 Å². The lowest BCUT2D eigenvalue weighted by atomic mass is 10.6. The van der Waals surface area contributed by atoms with Crippen LogP contribution >= 0.6 is 70.7 Å². The van der Waals surface area contributed by atoms with Gasteiger partial charge in [-0.25, -0.2) is 0 Å². The fourth-order valence-electron chi connectivity index (χ4n) is 1.97. The van der Waals surface area contributed by atoms with Gasteiger partial charge < -0.3 is 26.6 Å². The van der Waals surface area contributed by atoms with E-state index in [1.165, 1.54) is 0 Å².